The van der Waals surface area contributed by atoms with Gasteiger partial charge in [-0.1, -0.05) is 19.9 Å². The van der Waals surface area contributed by atoms with Gasteiger partial charge in [0.05, 0.1) is 6.54 Å². The van der Waals surface area contributed by atoms with Crippen molar-refractivity contribution < 1.29 is 0 Å². The first-order valence-corrected chi connectivity index (χ1v) is 7.36. The lowest BCUT2D eigenvalue weighted by molar-refractivity contribution is 0.485. The summed E-state index contributed by atoms with van der Waals surface area (Å²) in [6.45, 7) is 6.07. The van der Waals surface area contributed by atoms with Gasteiger partial charge in [0.1, 0.15) is 12.2 Å². The molecule has 0 aliphatic rings. The van der Waals surface area contributed by atoms with Crippen LogP contribution in [-0.2, 0) is 13.1 Å². The highest BCUT2D eigenvalue weighted by Crippen LogP contribution is 2.21. The average Bonchev–Trinajstić information content (AvgIpc) is 3.03. The molecule has 0 amide bonds. The molecule has 2 aromatic heterocycles. The second-order valence-electron chi connectivity index (χ2n) is 4.26. The van der Waals surface area contributed by atoms with Crippen LogP contribution < -0.4 is 5.32 Å². The summed E-state index contributed by atoms with van der Waals surface area (Å²) in [6, 6.07) is 4.70. The average molecular weight is 264 g/mol. The number of aryl methyl sites for hydroxylation is 1. The molecule has 5 heteroatoms. The maximum Gasteiger partial charge on any atom is 0.140 e. The first kappa shape index (κ1) is 13.2. The predicted molar refractivity (Wildman–Crippen MR) is 74.5 cm³/mol. The van der Waals surface area contributed by atoms with Crippen LogP contribution in [0.15, 0.2) is 23.8 Å². The molecule has 0 radical (unpaired) electrons. The maximum absolute atomic E-state index is 4.32. The molecule has 4 nitrogen and oxygen atoms in total. The Balaban J connectivity index is 1.95. The number of thiophene rings is 1. The quantitative estimate of drug-likeness (QED) is 0.836. The smallest absolute Gasteiger partial charge is 0.140 e. The third-order valence-electron chi connectivity index (χ3n) is 2.93. The summed E-state index contributed by atoms with van der Waals surface area (Å²) >= 11 is 1.80. The van der Waals surface area contributed by atoms with Crippen molar-refractivity contribution >= 4 is 11.3 Å². The second-order valence-corrected chi connectivity index (χ2v) is 5.24. The molecule has 0 bridgehead atoms. The minimum atomic E-state index is 0.414. The highest BCUT2D eigenvalue weighted by molar-refractivity contribution is 7.10. The van der Waals surface area contributed by atoms with Crippen LogP contribution in [0.4, 0.5) is 0 Å². The molecule has 0 saturated heterocycles. The molecule has 98 valence electrons. The number of nitrogens with one attached hydrogen (secondary N) is 1. The Morgan fingerprint density at radius 3 is 3.00 bits per heavy atom. The predicted octanol–water partition coefficient (Wildman–Crippen LogP) is 2.99. The van der Waals surface area contributed by atoms with Crippen molar-refractivity contribution in [3.8, 4) is 0 Å². The van der Waals surface area contributed by atoms with Crippen molar-refractivity contribution in [1.82, 2.24) is 20.1 Å². The number of hydrogen-bond donors (Lipinski definition) is 1. The standard InChI is InChI=1S/C13H20N4S/c1-3-7-17-13(15-10-16-17)9-14-11(4-2)12-6-5-8-18-12/h5-6,8,10-11,14H,3-4,7,9H2,1-2H3. The highest BCUT2D eigenvalue weighted by atomic mass is 32.1. The summed E-state index contributed by atoms with van der Waals surface area (Å²) in [6.07, 6.45) is 3.81. The molecular formula is C13H20N4S. The molecule has 2 aromatic rings. The van der Waals surface area contributed by atoms with Crippen molar-refractivity contribution in [3.05, 3.63) is 34.5 Å². The van der Waals surface area contributed by atoms with Gasteiger partial charge >= 0.3 is 0 Å². The van der Waals surface area contributed by atoms with Crippen molar-refractivity contribution in [2.75, 3.05) is 0 Å². The topological polar surface area (TPSA) is 42.7 Å². The molecule has 1 unspecified atom stereocenters. The van der Waals surface area contributed by atoms with Crippen LogP contribution in [0.25, 0.3) is 0 Å². The zero-order valence-corrected chi connectivity index (χ0v) is 11.8. The van der Waals surface area contributed by atoms with E-state index in [1.807, 2.05) is 4.68 Å². The van der Waals surface area contributed by atoms with Gasteiger partial charge in [-0.05, 0) is 24.3 Å². The molecule has 2 rings (SSSR count). The Morgan fingerprint density at radius 1 is 1.44 bits per heavy atom. The first-order valence-electron chi connectivity index (χ1n) is 6.48. The molecule has 0 fully saturated rings. The van der Waals surface area contributed by atoms with E-state index in [9.17, 15) is 0 Å². The van der Waals surface area contributed by atoms with Crippen LogP contribution in [0, 0.1) is 0 Å². The normalized spacial score (nSPS) is 12.8. The van der Waals surface area contributed by atoms with Gasteiger partial charge in [-0.15, -0.1) is 11.3 Å². The van der Waals surface area contributed by atoms with Gasteiger partial charge < -0.3 is 5.32 Å². The Labute approximate surface area is 112 Å². The summed E-state index contributed by atoms with van der Waals surface area (Å²) in [7, 11) is 0. The van der Waals surface area contributed by atoms with Crippen LogP contribution in [0.2, 0.25) is 0 Å². The van der Waals surface area contributed by atoms with Gasteiger partial charge in [0.2, 0.25) is 0 Å². The van der Waals surface area contributed by atoms with E-state index in [0.717, 1.165) is 31.8 Å². The fraction of sp³-hybridized carbons (Fsp3) is 0.538. The monoisotopic (exact) mass is 264 g/mol. The molecule has 0 saturated carbocycles. The van der Waals surface area contributed by atoms with E-state index in [1.165, 1.54) is 4.88 Å². The van der Waals surface area contributed by atoms with Crippen molar-refractivity contribution in [3.63, 3.8) is 0 Å². The molecule has 1 atom stereocenters. The van der Waals surface area contributed by atoms with Gasteiger partial charge in [-0.2, -0.15) is 5.10 Å². The lowest BCUT2D eigenvalue weighted by Gasteiger charge is -2.15. The van der Waals surface area contributed by atoms with Crippen LogP contribution in [0.1, 0.15) is 43.4 Å². The van der Waals surface area contributed by atoms with Crippen molar-refractivity contribution in [2.24, 2.45) is 0 Å². The van der Waals surface area contributed by atoms with Crippen molar-refractivity contribution in [2.45, 2.75) is 45.8 Å². The maximum atomic E-state index is 4.32. The van der Waals surface area contributed by atoms with Crippen molar-refractivity contribution in [1.29, 1.82) is 0 Å². The van der Waals surface area contributed by atoms with Crippen LogP contribution >= 0.6 is 11.3 Å². The fourth-order valence-electron chi connectivity index (χ4n) is 1.97. The van der Waals surface area contributed by atoms with Crippen LogP contribution in [-0.4, -0.2) is 14.8 Å². The third-order valence-corrected chi connectivity index (χ3v) is 3.92. The SMILES string of the molecule is CCCn1ncnc1CNC(CC)c1cccs1. The lowest BCUT2D eigenvalue weighted by Crippen LogP contribution is -2.22. The summed E-state index contributed by atoms with van der Waals surface area (Å²) in [5, 5.41) is 9.92. The number of aromatic nitrogens is 3. The number of hydrogen-bond acceptors (Lipinski definition) is 4. The molecule has 0 aromatic carbocycles. The number of nitrogens with zero attached hydrogens (tertiary/aromatic N) is 3. The van der Waals surface area contributed by atoms with Gasteiger partial charge in [-0.25, -0.2) is 9.67 Å². The summed E-state index contributed by atoms with van der Waals surface area (Å²) in [4.78, 5) is 5.70. The zero-order valence-electron chi connectivity index (χ0n) is 11.0. The van der Waals surface area contributed by atoms with E-state index in [4.69, 9.17) is 0 Å². The van der Waals surface area contributed by atoms with Gasteiger partial charge in [0, 0.05) is 17.5 Å². The Hall–Kier alpha value is -1.20. The lowest BCUT2D eigenvalue weighted by atomic mass is 10.2. The largest absolute Gasteiger partial charge is 0.302 e. The second kappa shape index (κ2) is 6.66. The van der Waals surface area contributed by atoms with E-state index in [0.29, 0.717) is 6.04 Å². The zero-order chi connectivity index (χ0) is 12.8. The van der Waals surface area contributed by atoms with E-state index in [2.05, 4.69) is 46.8 Å². The molecule has 2 heterocycles. The fourth-order valence-corrected chi connectivity index (χ4v) is 2.86. The minimum Gasteiger partial charge on any atom is -0.302 e. The molecule has 0 aliphatic carbocycles. The molecule has 0 aliphatic heterocycles. The Morgan fingerprint density at radius 2 is 2.33 bits per heavy atom. The molecule has 1 N–H and O–H groups in total. The van der Waals surface area contributed by atoms with E-state index in [1.54, 1.807) is 17.7 Å². The van der Waals surface area contributed by atoms with Gasteiger partial charge in [0.25, 0.3) is 0 Å². The summed E-state index contributed by atoms with van der Waals surface area (Å²) in [5.74, 6) is 1.02. The summed E-state index contributed by atoms with van der Waals surface area (Å²) < 4.78 is 1.98. The molecule has 18 heavy (non-hydrogen) atoms. The van der Waals surface area contributed by atoms with Gasteiger partial charge in [-0.3, -0.25) is 0 Å². The Bertz CT molecular complexity index is 449. The molecular weight excluding hydrogens is 244 g/mol. The number of rotatable bonds is 7. The van der Waals surface area contributed by atoms with E-state index < -0.39 is 0 Å². The van der Waals surface area contributed by atoms with Crippen LogP contribution in [0.5, 0.6) is 0 Å². The highest BCUT2D eigenvalue weighted by Gasteiger charge is 2.11. The first-order chi connectivity index (χ1) is 8.85. The Kier molecular flexibility index (Phi) is 4.90. The molecule has 0 spiro atoms. The summed E-state index contributed by atoms with van der Waals surface area (Å²) in [5.41, 5.74) is 0. The van der Waals surface area contributed by atoms with Crippen LogP contribution in [0.3, 0.4) is 0 Å². The van der Waals surface area contributed by atoms with E-state index >= 15 is 0 Å². The van der Waals surface area contributed by atoms with Gasteiger partial charge in [0.15, 0.2) is 0 Å². The third kappa shape index (κ3) is 3.17. The van der Waals surface area contributed by atoms with E-state index in [-0.39, 0.29) is 0 Å². The minimum absolute atomic E-state index is 0.414.